The zero-order valence-corrected chi connectivity index (χ0v) is 16.9. The van der Waals surface area contributed by atoms with Crippen LogP contribution < -0.4 is 10.6 Å². The van der Waals surface area contributed by atoms with Gasteiger partial charge in [-0.25, -0.2) is 4.79 Å². The fraction of sp³-hybridized carbons (Fsp3) is 0.0870. The van der Waals surface area contributed by atoms with E-state index >= 15 is 0 Å². The Morgan fingerprint density at radius 1 is 0.700 bits per heavy atom. The first-order valence-electron chi connectivity index (χ1n) is 9.20. The van der Waals surface area contributed by atoms with Gasteiger partial charge in [0.05, 0.1) is 11.3 Å². The number of anilines is 2. The smallest absolute Gasteiger partial charge is 0.339 e. The summed E-state index contributed by atoms with van der Waals surface area (Å²) >= 11 is 1.23. The van der Waals surface area contributed by atoms with Crippen molar-refractivity contribution in [3.05, 3.63) is 90.5 Å². The maximum absolute atomic E-state index is 12.4. The van der Waals surface area contributed by atoms with Crippen molar-refractivity contribution in [2.24, 2.45) is 0 Å². The Hall–Kier alpha value is -3.58. The highest BCUT2D eigenvalue weighted by molar-refractivity contribution is 8.00. The van der Waals surface area contributed by atoms with Crippen LogP contribution in [0, 0.1) is 0 Å². The lowest BCUT2D eigenvalue weighted by Gasteiger charge is -2.10. The van der Waals surface area contributed by atoms with Crippen LogP contribution in [0.3, 0.4) is 0 Å². The molecule has 0 aliphatic carbocycles. The summed E-state index contributed by atoms with van der Waals surface area (Å²) in [4.78, 5) is 37.2. The van der Waals surface area contributed by atoms with Gasteiger partial charge in [-0.15, -0.1) is 11.8 Å². The van der Waals surface area contributed by atoms with Gasteiger partial charge in [-0.2, -0.15) is 0 Å². The first kappa shape index (κ1) is 21.1. The SMILES string of the molecule is O=C(COC(=O)c1ccccc1SCC(=O)Nc1ccccc1)Nc1ccccc1. The number of nitrogens with one attached hydrogen (secondary N) is 2. The molecule has 0 aliphatic heterocycles. The monoisotopic (exact) mass is 420 g/mol. The van der Waals surface area contributed by atoms with E-state index < -0.39 is 18.5 Å². The highest BCUT2D eigenvalue weighted by atomic mass is 32.2. The van der Waals surface area contributed by atoms with Crippen molar-refractivity contribution in [2.45, 2.75) is 4.90 Å². The summed E-state index contributed by atoms with van der Waals surface area (Å²) in [5, 5.41) is 5.45. The van der Waals surface area contributed by atoms with E-state index in [2.05, 4.69) is 10.6 Å². The number of thioether (sulfide) groups is 1. The van der Waals surface area contributed by atoms with Crippen LogP contribution in [-0.2, 0) is 14.3 Å². The highest BCUT2D eigenvalue weighted by Crippen LogP contribution is 2.23. The van der Waals surface area contributed by atoms with Crippen molar-refractivity contribution in [2.75, 3.05) is 23.0 Å². The third-order valence-electron chi connectivity index (χ3n) is 3.92. The number of rotatable bonds is 8. The Labute approximate surface area is 178 Å². The lowest BCUT2D eigenvalue weighted by Crippen LogP contribution is -2.21. The Kier molecular flexibility index (Phi) is 7.63. The molecule has 0 heterocycles. The standard InChI is InChI=1S/C23H20N2O4S/c26-21(24-17-9-3-1-4-10-17)15-29-23(28)19-13-7-8-14-20(19)30-16-22(27)25-18-11-5-2-6-12-18/h1-14H,15-16H2,(H,24,26)(H,25,27). The summed E-state index contributed by atoms with van der Waals surface area (Å²) < 4.78 is 5.14. The third-order valence-corrected chi connectivity index (χ3v) is 4.99. The fourth-order valence-corrected chi connectivity index (χ4v) is 3.39. The van der Waals surface area contributed by atoms with Gasteiger partial charge >= 0.3 is 5.97 Å². The van der Waals surface area contributed by atoms with E-state index in [0.717, 1.165) is 0 Å². The zero-order valence-electron chi connectivity index (χ0n) is 16.0. The first-order valence-corrected chi connectivity index (χ1v) is 10.2. The summed E-state index contributed by atoms with van der Waals surface area (Å²) in [6, 6.07) is 24.9. The number of benzene rings is 3. The minimum atomic E-state index is -0.621. The summed E-state index contributed by atoms with van der Waals surface area (Å²) in [5.41, 5.74) is 1.64. The first-order chi connectivity index (χ1) is 14.6. The average Bonchev–Trinajstić information content (AvgIpc) is 2.77. The molecule has 30 heavy (non-hydrogen) atoms. The fourth-order valence-electron chi connectivity index (χ4n) is 2.55. The van der Waals surface area contributed by atoms with Gasteiger partial charge in [0.25, 0.3) is 5.91 Å². The van der Waals surface area contributed by atoms with Gasteiger partial charge in [-0.3, -0.25) is 9.59 Å². The highest BCUT2D eigenvalue weighted by Gasteiger charge is 2.15. The largest absolute Gasteiger partial charge is 0.452 e. The van der Waals surface area contributed by atoms with Crippen LogP contribution in [0.1, 0.15) is 10.4 Å². The number of hydrogen-bond acceptors (Lipinski definition) is 5. The molecular weight excluding hydrogens is 400 g/mol. The van der Waals surface area contributed by atoms with Gasteiger partial charge in [0.2, 0.25) is 5.91 Å². The van der Waals surface area contributed by atoms with E-state index in [4.69, 9.17) is 4.74 Å². The van der Waals surface area contributed by atoms with Gasteiger partial charge in [0.15, 0.2) is 6.61 Å². The molecule has 3 aromatic carbocycles. The van der Waals surface area contributed by atoms with Gasteiger partial charge in [0, 0.05) is 16.3 Å². The van der Waals surface area contributed by atoms with Gasteiger partial charge in [0.1, 0.15) is 0 Å². The maximum Gasteiger partial charge on any atom is 0.339 e. The van der Waals surface area contributed by atoms with Crippen molar-refractivity contribution < 1.29 is 19.1 Å². The molecule has 0 atom stereocenters. The molecule has 2 N–H and O–H groups in total. The van der Waals surface area contributed by atoms with Gasteiger partial charge in [-0.05, 0) is 36.4 Å². The molecule has 0 aliphatic rings. The lowest BCUT2D eigenvalue weighted by atomic mass is 10.2. The number of carbonyl (C=O) groups is 3. The molecular formula is C23H20N2O4S. The molecule has 0 saturated heterocycles. The molecule has 0 radical (unpaired) electrons. The third kappa shape index (κ3) is 6.49. The molecule has 2 amide bonds. The normalized spacial score (nSPS) is 10.1. The van der Waals surface area contributed by atoms with Crippen LogP contribution in [-0.4, -0.2) is 30.1 Å². The van der Waals surface area contributed by atoms with Crippen LogP contribution in [0.2, 0.25) is 0 Å². The zero-order chi connectivity index (χ0) is 21.2. The van der Waals surface area contributed by atoms with E-state index in [1.807, 2.05) is 24.3 Å². The molecule has 0 unspecified atom stereocenters. The molecule has 0 spiro atoms. The maximum atomic E-state index is 12.4. The Morgan fingerprint density at radius 3 is 1.87 bits per heavy atom. The van der Waals surface area contributed by atoms with Crippen LogP contribution in [0.4, 0.5) is 11.4 Å². The molecule has 0 bridgehead atoms. The Balaban J connectivity index is 1.53. The minimum absolute atomic E-state index is 0.133. The van der Waals surface area contributed by atoms with Crippen molar-refractivity contribution >= 4 is 40.9 Å². The van der Waals surface area contributed by atoms with Crippen LogP contribution in [0.25, 0.3) is 0 Å². The van der Waals surface area contributed by atoms with E-state index in [9.17, 15) is 14.4 Å². The van der Waals surface area contributed by atoms with E-state index in [-0.39, 0.29) is 11.7 Å². The molecule has 7 heteroatoms. The Bertz CT molecular complexity index is 1010. The van der Waals surface area contributed by atoms with Crippen LogP contribution in [0.5, 0.6) is 0 Å². The van der Waals surface area contributed by atoms with Crippen molar-refractivity contribution in [1.82, 2.24) is 0 Å². The number of carbonyl (C=O) groups excluding carboxylic acids is 3. The summed E-state index contributed by atoms with van der Waals surface area (Å²) in [5.74, 6) is -1.10. The molecule has 3 rings (SSSR count). The predicted octanol–water partition coefficient (Wildman–Crippen LogP) is 4.21. The van der Waals surface area contributed by atoms with Crippen molar-refractivity contribution in [3.8, 4) is 0 Å². The number of amides is 2. The Morgan fingerprint density at radius 2 is 1.23 bits per heavy atom. The molecule has 0 aromatic heterocycles. The van der Waals surface area contributed by atoms with Crippen LogP contribution >= 0.6 is 11.8 Å². The van der Waals surface area contributed by atoms with E-state index in [1.165, 1.54) is 11.8 Å². The summed E-state index contributed by atoms with van der Waals surface area (Å²) in [6.07, 6.45) is 0. The average molecular weight is 420 g/mol. The van der Waals surface area contributed by atoms with E-state index in [0.29, 0.717) is 21.8 Å². The van der Waals surface area contributed by atoms with Crippen LogP contribution in [0.15, 0.2) is 89.8 Å². The number of ether oxygens (including phenoxy) is 1. The minimum Gasteiger partial charge on any atom is -0.452 e. The number of para-hydroxylation sites is 2. The second-order valence-corrected chi connectivity index (χ2v) is 7.21. The van der Waals surface area contributed by atoms with Crippen molar-refractivity contribution in [1.29, 1.82) is 0 Å². The quantitative estimate of drug-likeness (QED) is 0.421. The number of hydrogen-bond donors (Lipinski definition) is 2. The molecule has 0 saturated carbocycles. The molecule has 152 valence electrons. The second-order valence-electron chi connectivity index (χ2n) is 6.19. The number of esters is 1. The van der Waals surface area contributed by atoms with Gasteiger partial charge < -0.3 is 15.4 Å². The second kappa shape index (κ2) is 10.8. The topological polar surface area (TPSA) is 84.5 Å². The van der Waals surface area contributed by atoms with Crippen molar-refractivity contribution in [3.63, 3.8) is 0 Å². The molecule has 0 fully saturated rings. The molecule has 6 nitrogen and oxygen atoms in total. The summed E-state index contributed by atoms with van der Waals surface area (Å²) in [7, 11) is 0. The summed E-state index contributed by atoms with van der Waals surface area (Å²) in [6.45, 7) is -0.402. The van der Waals surface area contributed by atoms with E-state index in [1.54, 1.807) is 60.7 Å². The lowest BCUT2D eigenvalue weighted by molar-refractivity contribution is -0.119. The van der Waals surface area contributed by atoms with Gasteiger partial charge in [-0.1, -0.05) is 48.5 Å². The predicted molar refractivity (Wildman–Crippen MR) is 118 cm³/mol. The molecule has 3 aromatic rings.